The molecule has 0 radical (unpaired) electrons. The van der Waals surface area contributed by atoms with Gasteiger partial charge in [-0.2, -0.15) is 0 Å². The first-order valence-electron chi connectivity index (χ1n) is 13.0. The minimum atomic E-state index is 0.297. The van der Waals surface area contributed by atoms with Gasteiger partial charge in [0.1, 0.15) is 44.1 Å². The van der Waals surface area contributed by atoms with Crippen molar-refractivity contribution in [3.63, 3.8) is 0 Å². The fourth-order valence-corrected chi connectivity index (χ4v) is 4.07. The Hall–Kier alpha value is -4.51. The molecule has 0 saturated heterocycles. The van der Waals surface area contributed by atoms with Crippen molar-refractivity contribution in [1.82, 2.24) is 0 Å². The van der Waals surface area contributed by atoms with Gasteiger partial charge in [-0.15, -0.1) is 0 Å². The summed E-state index contributed by atoms with van der Waals surface area (Å²) in [4.78, 5) is 4.98. The van der Waals surface area contributed by atoms with Gasteiger partial charge in [-0.3, -0.25) is 0 Å². The Bertz CT molecular complexity index is 1320. The van der Waals surface area contributed by atoms with E-state index in [1.54, 1.807) is 0 Å². The zero-order valence-electron chi connectivity index (χ0n) is 22.6. The molecule has 0 saturated carbocycles. The van der Waals surface area contributed by atoms with Crippen LogP contribution < -0.4 is 9.47 Å². The van der Waals surface area contributed by atoms with E-state index in [9.17, 15) is 0 Å². The molecule has 0 aliphatic heterocycles. The van der Waals surface area contributed by atoms with Crippen LogP contribution in [-0.2, 0) is 22.8 Å². The Kier molecular flexibility index (Phi) is 10.2. The third-order valence-electron chi connectivity index (χ3n) is 6.28. The van der Waals surface area contributed by atoms with E-state index in [0.717, 1.165) is 46.1 Å². The highest BCUT2D eigenvalue weighted by molar-refractivity contribution is 6.01. The second-order valence-corrected chi connectivity index (χ2v) is 9.30. The lowest BCUT2D eigenvalue weighted by molar-refractivity contribution is 0.187. The maximum atomic E-state index is 6.00. The summed E-state index contributed by atoms with van der Waals surface area (Å²) in [5.74, 6) is 2.67. The van der Waals surface area contributed by atoms with Crippen LogP contribution in [-0.4, -0.2) is 19.4 Å². The minimum Gasteiger partial charge on any atom is -0.494 e. The van der Waals surface area contributed by atoms with Crippen molar-refractivity contribution in [1.29, 1.82) is 0 Å². The summed E-state index contributed by atoms with van der Waals surface area (Å²) in [6, 6.07) is 36.1. The highest BCUT2D eigenvalue weighted by Crippen LogP contribution is 2.26. The zero-order valence-corrected chi connectivity index (χ0v) is 22.6. The van der Waals surface area contributed by atoms with Gasteiger partial charge < -0.3 is 19.0 Å². The number of ether oxygens (including phenoxy) is 3. The summed E-state index contributed by atoms with van der Waals surface area (Å²) in [6.45, 7) is 7.61. The van der Waals surface area contributed by atoms with Crippen LogP contribution in [0.3, 0.4) is 0 Å². The average Bonchev–Trinajstić information content (AvgIpc) is 2.99. The van der Waals surface area contributed by atoms with E-state index >= 15 is 0 Å². The normalized spacial score (nSPS) is 11.9. The van der Waals surface area contributed by atoms with Gasteiger partial charge in [0.05, 0.1) is 5.76 Å². The molecule has 5 nitrogen and oxygen atoms in total. The highest BCUT2D eigenvalue weighted by atomic mass is 16.6. The molecule has 0 amide bonds. The van der Waals surface area contributed by atoms with Gasteiger partial charge in [-0.1, -0.05) is 104 Å². The molecule has 4 aromatic rings. The van der Waals surface area contributed by atoms with Gasteiger partial charge in [-0.05, 0) is 46.9 Å². The smallest absolute Gasteiger partial charge is 0.134 e. The number of nitrogens with zero attached hydrogens (tertiary/aromatic N) is 1. The van der Waals surface area contributed by atoms with Gasteiger partial charge in [0.2, 0.25) is 0 Å². The molecule has 39 heavy (non-hydrogen) atoms. The number of rotatable bonds is 14. The molecule has 0 aromatic heterocycles. The molecule has 0 heterocycles. The Labute approximate surface area is 231 Å². The number of oxime groups is 1. The molecule has 4 rings (SSSR count). The van der Waals surface area contributed by atoms with Crippen LogP contribution in [0.2, 0.25) is 0 Å². The number of allylic oxidation sites excluding steroid dienone is 1. The second kappa shape index (κ2) is 14.4. The summed E-state index contributed by atoms with van der Waals surface area (Å²) in [5.41, 5.74) is 5.11. The average molecular weight is 522 g/mol. The molecule has 0 spiro atoms. The maximum Gasteiger partial charge on any atom is 0.134 e. The summed E-state index contributed by atoms with van der Waals surface area (Å²) in [5, 5.41) is 4.10. The predicted octanol–water partition coefficient (Wildman–Crippen LogP) is 7.92. The zero-order chi connectivity index (χ0) is 27.3. The SMILES string of the molecule is C=C(CC(C)c1ccc(OCc2ccc(OCC(=NOC)c3ccccc3)cc2)cc1)OCc1ccccc1. The third kappa shape index (κ3) is 8.78. The van der Waals surface area contributed by atoms with Crippen LogP contribution in [0.4, 0.5) is 0 Å². The quantitative estimate of drug-likeness (QED) is 0.0961. The molecule has 5 heteroatoms. The molecular weight excluding hydrogens is 486 g/mol. The Morgan fingerprint density at radius 2 is 1.31 bits per heavy atom. The largest absolute Gasteiger partial charge is 0.494 e. The third-order valence-corrected chi connectivity index (χ3v) is 6.28. The number of hydrogen-bond acceptors (Lipinski definition) is 5. The van der Waals surface area contributed by atoms with Crippen LogP contribution in [0.25, 0.3) is 0 Å². The lowest BCUT2D eigenvalue weighted by Gasteiger charge is -2.16. The van der Waals surface area contributed by atoms with E-state index in [0.29, 0.717) is 25.7 Å². The molecule has 1 unspecified atom stereocenters. The molecule has 0 aliphatic carbocycles. The number of hydrogen-bond donors (Lipinski definition) is 0. The number of benzene rings is 4. The molecule has 0 aliphatic rings. The standard InChI is InChI=1S/C34H35NO4/c1-26(22-27(2)37-23-28-10-6-4-7-11-28)30-16-20-33(21-17-30)38-24-29-14-18-32(19-15-29)39-25-34(35-36-3)31-12-8-5-9-13-31/h4-21,26H,2,22-25H2,1,3H3. The van der Waals surface area contributed by atoms with Crippen LogP contribution >= 0.6 is 0 Å². The molecule has 0 N–H and O–H groups in total. The molecule has 200 valence electrons. The van der Waals surface area contributed by atoms with Crippen LogP contribution in [0.1, 0.15) is 41.5 Å². The molecule has 1 atom stereocenters. The first-order chi connectivity index (χ1) is 19.1. The lowest BCUT2D eigenvalue weighted by Crippen LogP contribution is -2.13. The first-order valence-corrected chi connectivity index (χ1v) is 13.0. The second-order valence-electron chi connectivity index (χ2n) is 9.30. The molecular formula is C34H35NO4. The van der Waals surface area contributed by atoms with Crippen LogP contribution in [0.5, 0.6) is 11.5 Å². The Morgan fingerprint density at radius 3 is 1.97 bits per heavy atom. The summed E-state index contributed by atoms with van der Waals surface area (Å²) in [7, 11) is 1.53. The maximum absolute atomic E-state index is 6.00. The Balaban J connectivity index is 1.22. The fourth-order valence-electron chi connectivity index (χ4n) is 4.07. The van der Waals surface area contributed by atoms with E-state index in [4.69, 9.17) is 19.0 Å². The first kappa shape index (κ1) is 27.5. The van der Waals surface area contributed by atoms with Crippen molar-refractivity contribution in [2.24, 2.45) is 5.16 Å². The minimum absolute atomic E-state index is 0.297. The van der Waals surface area contributed by atoms with Gasteiger partial charge in [0.15, 0.2) is 0 Å². The lowest BCUT2D eigenvalue weighted by atomic mass is 9.97. The molecule has 4 aromatic carbocycles. The van der Waals surface area contributed by atoms with Crippen molar-refractivity contribution >= 4 is 5.71 Å². The van der Waals surface area contributed by atoms with Crippen molar-refractivity contribution in [2.75, 3.05) is 13.7 Å². The van der Waals surface area contributed by atoms with E-state index in [1.165, 1.54) is 12.7 Å². The summed E-state index contributed by atoms with van der Waals surface area (Å²) >= 11 is 0. The van der Waals surface area contributed by atoms with Gasteiger partial charge in [0, 0.05) is 12.0 Å². The van der Waals surface area contributed by atoms with Crippen molar-refractivity contribution in [3.05, 3.63) is 144 Å². The topological polar surface area (TPSA) is 49.3 Å². The summed E-state index contributed by atoms with van der Waals surface area (Å²) in [6.07, 6.45) is 0.769. The van der Waals surface area contributed by atoms with Gasteiger partial charge in [0.25, 0.3) is 0 Å². The fraction of sp³-hybridized carbons (Fsp3) is 0.206. The highest BCUT2D eigenvalue weighted by Gasteiger charge is 2.10. The molecule has 0 fully saturated rings. The van der Waals surface area contributed by atoms with Crippen LogP contribution in [0.15, 0.2) is 127 Å². The van der Waals surface area contributed by atoms with Crippen molar-refractivity contribution in [2.45, 2.75) is 32.5 Å². The van der Waals surface area contributed by atoms with E-state index in [-0.39, 0.29) is 0 Å². The Morgan fingerprint density at radius 1 is 0.718 bits per heavy atom. The predicted molar refractivity (Wildman–Crippen MR) is 156 cm³/mol. The van der Waals surface area contributed by atoms with Crippen LogP contribution in [0, 0.1) is 0 Å². The van der Waals surface area contributed by atoms with E-state index in [1.807, 2.05) is 84.9 Å². The van der Waals surface area contributed by atoms with Gasteiger partial charge >= 0.3 is 0 Å². The van der Waals surface area contributed by atoms with Gasteiger partial charge in [-0.25, -0.2) is 0 Å². The van der Waals surface area contributed by atoms with E-state index in [2.05, 4.69) is 42.9 Å². The molecule has 0 bridgehead atoms. The van der Waals surface area contributed by atoms with Crippen molar-refractivity contribution < 1.29 is 19.0 Å². The monoisotopic (exact) mass is 521 g/mol. The summed E-state index contributed by atoms with van der Waals surface area (Å²) < 4.78 is 17.8. The van der Waals surface area contributed by atoms with Crippen molar-refractivity contribution in [3.8, 4) is 11.5 Å². The van der Waals surface area contributed by atoms with E-state index < -0.39 is 0 Å².